The van der Waals surface area contributed by atoms with Crippen LogP contribution in [0, 0.1) is 0 Å². The van der Waals surface area contributed by atoms with Gasteiger partial charge in [0, 0.05) is 6.20 Å². The summed E-state index contributed by atoms with van der Waals surface area (Å²) in [4.78, 5) is 19.0. The van der Waals surface area contributed by atoms with Gasteiger partial charge in [-0.05, 0) is 18.4 Å². The first-order chi connectivity index (χ1) is 5.77. The van der Waals surface area contributed by atoms with Crippen LogP contribution in [0.25, 0.3) is 0 Å². The summed E-state index contributed by atoms with van der Waals surface area (Å²) in [5.41, 5.74) is 0.393. The van der Waals surface area contributed by atoms with Crippen LogP contribution in [0.1, 0.15) is 10.5 Å². The van der Waals surface area contributed by atoms with Gasteiger partial charge in [0.1, 0.15) is 5.69 Å². The molecule has 0 saturated heterocycles. The molecular formula is C8H8N2OS. The Balaban J connectivity index is 3.01. The molecule has 0 spiro atoms. The minimum atomic E-state index is -0.173. The van der Waals surface area contributed by atoms with Gasteiger partial charge in [0.2, 0.25) is 5.78 Å². The highest BCUT2D eigenvalue weighted by Crippen LogP contribution is 2.07. The third-order valence-electron chi connectivity index (χ3n) is 1.25. The molecule has 0 aromatic carbocycles. The second-order valence-electron chi connectivity index (χ2n) is 2.00. The molecule has 1 aromatic heterocycles. The fourth-order valence-corrected chi connectivity index (χ4v) is 1.04. The number of carbonyl (C=O) groups excluding carboxylic acids is 1. The lowest BCUT2D eigenvalue weighted by molar-refractivity contribution is 0.104. The number of ketones is 1. The highest BCUT2D eigenvalue weighted by atomic mass is 32.2. The molecular weight excluding hydrogens is 172 g/mol. The van der Waals surface area contributed by atoms with Crippen LogP contribution in [0.2, 0.25) is 0 Å². The summed E-state index contributed by atoms with van der Waals surface area (Å²) in [7, 11) is 0. The Labute approximate surface area is 74.9 Å². The van der Waals surface area contributed by atoms with Crippen molar-refractivity contribution in [2.75, 3.05) is 6.26 Å². The summed E-state index contributed by atoms with van der Waals surface area (Å²) in [5, 5.41) is 0.600. The zero-order chi connectivity index (χ0) is 8.97. The Bertz CT molecular complexity index is 312. The van der Waals surface area contributed by atoms with Crippen LogP contribution in [-0.4, -0.2) is 22.0 Å². The SMILES string of the molecule is C=CC(=O)c1ccnc(SC)n1. The average molecular weight is 180 g/mol. The van der Waals surface area contributed by atoms with E-state index in [0.717, 1.165) is 0 Å². The van der Waals surface area contributed by atoms with Crippen molar-refractivity contribution in [3.05, 3.63) is 30.6 Å². The van der Waals surface area contributed by atoms with Crippen LogP contribution in [0.5, 0.6) is 0 Å². The molecule has 1 heterocycles. The van der Waals surface area contributed by atoms with E-state index in [0.29, 0.717) is 10.9 Å². The van der Waals surface area contributed by atoms with Crippen molar-refractivity contribution in [3.63, 3.8) is 0 Å². The summed E-state index contributed by atoms with van der Waals surface area (Å²) in [5.74, 6) is -0.173. The molecule has 12 heavy (non-hydrogen) atoms. The number of hydrogen-bond acceptors (Lipinski definition) is 4. The van der Waals surface area contributed by atoms with Gasteiger partial charge in [-0.25, -0.2) is 9.97 Å². The van der Waals surface area contributed by atoms with Gasteiger partial charge in [-0.3, -0.25) is 4.79 Å². The maximum absolute atomic E-state index is 11.1. The Kier molecular flexibility index (Phi) is 2.99. The van der Waals surface area contributed by atoms with Crippen LogP contribution < -0.4 is 0 Å². The smallest absolute Gasteiger partial charge is 0.203 e. The Morgan fingerprint density at radius 1 is 1.75 bits per heavy atom. The van der Waals surface area contributed by atoms with Crippen LogP contribution in [0.4, 0.5) is 0 Å². The first kappa shape index (κ1) is 8.93. The lowest BCUT2D eigenvalue weighted by Crippen LogP contribution is -1.99. The van der Waals surface area contributed by atoms with Gasteiger partial charge in [0.15, 0.2) is 5.16 Å². The van der Waals surface area contributed by atoms with E-state index >= 15 is 0 Å². The largest absolute Gasteiger partial charge is 0.288 e. The van der Waals surface area contributed by atoms with Crippen molar-refractivity contribution in [1.29, 1.82) is 0 Å². The van der Waals surface area contributed by atoms with Gasteiger partial charge in [0.25, 0.3) is 0 Å². The lowest BCUT2D eigenvalue weighted by atomic mass is 10.3. The van der Waals surface area contributed by atoms with Crippen LogP contribution in [0.3, 0.4) is 0 Å². The topological polar surface area (TPSA) is 42.9 Å². The fraction of sp³-hybridized carbons (Fsp3) is 0.125. The van der Waals surface area contributed by atoms with Crippen molar-refractivity contribution in [2.24, 2.45) is 0 Å². The summed E-state index contributed by atoms with van der Waals surface area (Å²) in [6.07, 6.45) is 4.67. The first-order valence-electron chi connectivity index (χ1n) is 3.31. The molecule has 0 fully saturated rings. The monoisotopic (exact) mass is 180 g/mol. The van der Waals surface area contributed by atoms with Crippen molar-refractivity contribution in [3.8, 4) is 0 Å². The van der Waals surface area contributed by atoms with Gasteiger partial charge in [-0.2, -0.15) is 0 Å². The Hall–Kier alpha value is -1.16. The van der Waals surface area contributed by atoms with Crippen LogP contribution in [-0.2, 0) is 0 Å². The summed E-state index contributed by atoms with van der Waals surface area (Å²) < 4.78 is 0. The van der Waals surface area contributed by atoms with Crippen molar-refractivity contribution < 1.29 is 4.79 Å². The standard InChI is InChI=1S/C8H8N2OS/c1-3-7(11)6-4-5-9-8(10-6)12-2/h3-5H,1H2,2H3. The van der Waals surface area contributed by atoms with Crippen molar-refractivity contribution in [2.45, 2.75) is 5.16 Å². The molecule has 0 bridgehead atoms. The number of rotatable bonds is 3. The van der Waals surface area contributed by atoms with Gasteiger partial charge < -0.3 is 0 Å². The van der Waals surface area contributed by atoms with Crippen LogP contribution in [0.15, 0.2) is 30.1 Å². The molecule has 0 aliphatic rings. The maximum Gasteiger partial charge on any atom is 0.203 e. The molecule has 0 amide bonds. The molecule has 0 unspecified atom stereocenters. The molecule has 62 valence electrons. The highest BCUT2D eigenvalue weighted by Gasteiger charge is 2.03. The molecule has 4 heteroatoms. The summed E-state index contributed by atoms with van der Waals surface area (Å²) >= 11 is 1.40. The normalized spacial score (nSPS) is 9.42. The Morgan fingerprint density at radius 2 is 2.50 bits per heavy atom. The zero-order valence-corrected chi connectivity index (χ0v) is 7.47. The average Bonchev–Trinajstić information content (AvgIpc) is 2.17. The predicted molar refractivity (Wildman–Crippen MR) is 48.3 cm³/mol. The van der Waals surface area contributed by atoms with Gasteiger partial charge in [-0.1, -0.05) is 18.3 Å². The van der Waals surface area contributed by atoms with Gasteiger partial charge in [0.05, 0.1) is 0 Å². The minimum Gasteiger partial charge on any atom is -0.288 e. The molecule has 0 radical (unpaired) electrons. The second kappa shape index (κ2) is 4.01. The fourth-order valence-electron chi connectivity index (χ4n) is 0.681. The third kappa shape index (κ3) is 1.92. The van der Waals surface area contributed by atoms with E-state index < -0.39 is 0 Å². The summed E-state index contributed by atoms with van der Waals surface area (Å²) in [6, 6.07) is 1.57. The lowest BCUT2D eigenvalue weighted by Gasteiger charge is -1.96. The van der Waals surface area contributed by atoms with Gasteiger partial charge >= 0.3 is 0 Å². The quantitative estimate of drug-likeness (QED) is 0.306. The van der Waals surface area contributed by atoms with Crippen molar-refractivity contribution in [1.82, 2.24) is 9.97 Å². The van der Waals surface area contributed by atoms with Gasteiger partial charge in [-0.15, -0.1) is 0 Å². The van der Waals surface area contributed by atoms with E-state index in [1.54, 1.807) is 12.3 Å². The molecule has 0 N–H and O–H groups in total. The third-order valence-corrected chi connectivity index (χ3v) is 1.82. The first-order valence-corrected chi connectivity index (χ1v) is 4.54. The molecule has 0 saturated carbocycles. The highest BCUT2D eigenvalue weighted by molar-refractivity contribution is 7.98. The zero-order valence-electron chi connectivity index (χ0n) is 6.65. The number of thioether (sulfide) groups is 1. The predicted octanol–water partition coefficient (Wildman–Crippen LogP) is 1.57. The molecule has 0 aliphatic carbocycles. The number of carbonyl (C=O) groups is 1. The minimum absolute atomic E-state index is 0.173. The molecule has 0 aliphatic heterocycles. The number of allylic oxidation sites excluding steroid dienone is 1. The number of hydrogen-bond donors (Lipinski definition) is 0. The molecule has 0 atom stereocenters. The van der Waals surface area contributed by atoms with Crippen molar-refractivity contribution >= 4 is 17.5 Å². The summed E-state index contributed by atoms with van der Waals surface area (Å²) in [6.45, 7) is 3.38. The molecule has 1 aromatic rings. The van der Waals surface area contributed by atoms with Crippen LogP contribution >= 0.6 is 11.8 Å². The van der Waals surface area contributed by atoms with E-state index in [4.69, 9.17) is 0 Å². The molecule has 3 nitrogen and oxygen atoms in total. The number of nitrogens with zero attached hydrogens (tertiary/aromatic N) is 2. The van der Waals surface area contributed by atoms with E-state index in [9.17, 15) is 4.79 Å². The van der Waals surface area contributed by atoms with E-state index in [-0.39, 0.29) is 5.78 Å². The number of aromatic nitrogens is 2. The van der Waals surface area contributed by atoms with E-state index in [2.05, 4.69) is 16.5 Å². The Morgan fingerprint density at radius 3 is 3.08 bits per heavy atom. The van der Waals surface area contributed by atoms with E-state index in [1.165, 1.54) is 17.8 Å². The van der Waals surface area contributed by atoms with E-state index in [1.807, 2.05) is 6.26 Å². The maximum atomic E-state index is 11.1. The molecule has 1 rings (SSSR count). The second-order valence-corrected chi connectivity index (χ2v) is 2.77.